The van der Waals surface area contributed by atoms with Gasteiger partial charge < -0.3 is 14.6 Å². The Kier molecular flexibility index (Phi) is 4.95. The fourth-order valence-electron chi connectivity index (χ4n) is 3.04. The number of pyridine rings is 1. The van der Waals surface area contributed by atoms with Gasteiger partial charge in [0.2, 0.25) is 0 Å². The Morgan fingerprint density at radius 2 is 1.93 bits per heavy atom. The Bertz CT molecular complexity index is 1060. The number of nitrogens with one attached hydrogen (secondary N) is 2. The van der Waals surface area contributed by atoms with Crippen molar-refractivity contribution >= 4 is 22.2 Å². The molecule has 6 nitrogen and oxygen atoms in total. The highest BCUT2D eigenvalue weighted by molar-refractivity contribution is 6.14. The summed E-state index contributed by atoms with van der Waals surface area (Å²) in [5.41, 5.74) is 8.62. The van der Waals surface area contributed by atoms with E-state index in [1.165, 1.54) is 0 Å². The van der Waals surface area contributed by atoms with Gasteiger partial charge in [-0.05, 0) is 50.5 Å². The quantitative estimate of drug-likeness (QED) is 0.695. The Labute approximate surface area is 164 Å². The molecule has 0 saturated carbocycles. The van der Waals surface area contributed by atoms with Crippen LogP contribution in [0.4, 0.5) is 0 Å². The number of nitrogens with zero attached hydrogens (tertiary/aromatic N) is 3. The molecule has 0 amide bonds. The van der Waals surface area contributed by atoms with Crippen LogP contribution in [0.3, 0.4) is 0 Å². The molecule has 6 heteroatoms. The van der Waals surface area contributed by atoms with E-state index < -0.39 is 0 Å². The third kappa shape index (κ3) is 3.82. The second kappa shape index (κ2) is 7.70. The molecule has 1 aliphatic rings. The van der Waals surface area contributed by atoms with Crippen molar-refractivity contribution in [2.24, 2.45) is 5.10 Å². The summed E-state index contributed by atoms with van der Waals surface area (Å²) in [7, 11) is 4.07. The van der Waals surface area contributed by atoms with E-state index in [0.29, 0.717) is 6.61 Å². The lowest BCUT2D eigenvalue weighted by molar-refractivity contribution is 0.261. The predicted molar refractivity (Wildman–Crippen MR) is 113 cm³/mol. The van der Waals surface area contributed by atoms with E-state index in [0.717, 1.165) is 51.4 Å². The average Bonchev–Trinajstić information content (AvgIpc) is 3.12. The van der Waals surface area contributed by atoms with Crippen LogP contribution in [0, 0.1) is 0 Å². The van der Waals surface area contributed by atoms with Crippen LogP contribution in [0.1, 0.15) is 11.3 Å². The van der Waals surface area contributed by atoms with Crippen molar-refractivity contribution in [3.05, 3.63) is 78.4 Å². The molecule has 0 fully saturated rings. The second-order valence-corrected chi connectivity index (χ2v) is 6.97. The van der Waals surface area contributed by atoms with Gasteiger partial charge in [-0.2, -0.15) is 5.10 Å². The van der Waals surface area contributed by atoms with Gasteiger partial charge in [-0.3, -0.25) is 10.4 Å². The summed E-state index contributed by atoms with van der Waals surface area (Å²) in [6, 6.07) is 12.1. The molecular formula is C22H23N5O. The predicted octanol–water partition coefficient (Wildman–Crippen LogP) is 3.41. The van der Waals surface area contributed by atoms with Crippen LogP contribution in [0.2, 0.25) is 0 Å². The number of likely N-dealkylation sites (N-methyl/N-ethyl adjacent to an activating group) is 1. The van der Waals surface area contributed by atoms with Crippen molar-refractivity contribution in [2.45, 2.75) is 0 Å². The first-order valence-electron chi connectivity index (χ1n) is 9.16. The van der Waals surface area contributed by atoms with E-state index in [1.54, 1.807) is 12.4 Å². The second-order valence-electron chi connectivity index (χ2n) is 6.97. The molecule has 28 heavy (non-hydrogen) atoms. The molecule has 0 radical (unpaired) electrons. The van der Waals surface area contributed by atoms with Crippen LogP contribution in [0.25, 0.3) is 16.5 Å². The molecule has 0 aliphatic carbocycles. The van der Waals surface area contributed by atoms with Crippen molar-refractivity contribution < 1.29 is 4.74 Å². The molecule has 2 aromatic heterocycles. The molecule has 1 aliphatic heterocycles. The number of rotatable bonds is 6. The van der Waals surface area contributed by atoms with Crippen LogP contribution >= 0.6 is 0 Å². The summed E-state index contributed by atoms with van der Waals surface area (Å²) >= 11 is 0. The zero-order valence-corrected chi connectivity index (χ0v) is 16.1. The zero-order valence-electron chi connectivity index (χ0n) is 16.1. The highest BCUT2D eigenvalue weighted by Gasteiger charge is 2.16. The molecular weight excluding hydrogens is 350 g/mol. The van der Waals surface area contributed by atoms with E-state index in [2.05, 4.69) is 44.1 Å². The largest absolute Gasteiger partial charge is 0.492 e. The number of benzene rings is 1. The smallest absolute Gasteiger partial charge is 0.121 e. The number of aromatic amines is 1. The average molecular weight is 373 g/mol. The first-order chi connectivity index (χ1) is 13.6. The molecule has 0 unspecified atom stereocenters. The lowest BCUT2D eigenvalue weighted by Gasteiger charge is -2.16. The van der Waals surface area contributed by atoms with Crippen LogP contribution in [-0.2, 0) is 0 Å². The van der Waals surface area contributed by atoms with Gasteiger partial charge in [0.05, 0.1) is 11.4 Å². The van der Waals surface area contributed by atoms with Gasteiger partial charge in [0.1, 0.15) is 12.4 Å². The summed E-state index contributed by atoms with van der Waals surface area (Å²) in [4.78, 5) is 9.64. The maximum atomic E-state index is 5.84. The SMILES string of the molecule is C=C1NN=C(c2ccncc2)C=C1c1cc2ccc(OCCN(C)C)cc2[nH]1. The molecule has 0 bridgehead atoms. The van der Waals surface area contributed by atoms with Gasteiger partial charge >= 0.3 is 0 Å². The third-order valence-electron chi connectivity index (χ3n) is 4.58. The lowest BCUT2D eigenvalue weighted by atomic mass is 10.0. The normalized spacial score (nSPS) is 14.0. The minimum absolute atomic E-state index is 0.656. The van der Waals surface area contributed by atoms with E-state index in [9.17, 15) is 0 Å². The molecule has 4 rings (SSSR count). The molecule has 1 aromatic carbocycles. The number of H-pyrrole nitrogens is 1. The van der Waals surface area contributed by atoms with Gasteiger partial charge in [0, 0.05) is 52.7 Å². The van der Waals surface area contributed by atoms with Crippen LogP contribution in [0.15, 0.2) is 72.2 Å². The number of allylic oxidation sites excluding steroid dienone is 2. The Morgan fingerprint density at radius 3 is 2.71 bits per heavy atom. The van der Waals surface area contributed by atoms with Crippen molar-refractivity contribution in [1.82, 2.24) is 20.3 Å². The minimum Gasteiger partial charge on any atom is -0.492 e. The number of hydrazone groups is 1. The number of aromatic nitrogens is 2. The Morgan fingerprint density at radius 1 is 1.11 bits per heavy atom. The molecule has 2 N–H and O–H groups in total. The van der Waals surface area contributed by atoms with Crippen LogP contribution in [0.5, 0.6) is 5.75 Å². The first kappa shape index (κ1) is 18.0. The molecule has 0 spiro atoms. The Hall–Kier alpha value is -3.38. The van der Waals surface area contributed by atoms with Crippen molar-refractivity contribution in [2.75, 3.05) is 27.2 Å². The zero-order chi connectivity index (χ0) is 19.5. The monoisotopic (exact) mass is 373 g/mol. The van der Waals surface area contributed by atoms with Crippen molar-refractivity contribution in [1.29, 1.82) is 0 Å². The van der Waals surface area contributed by atoms with Crippen LogP contribution < -0.4 is 10.2 Å². The summed E-state index contributed by atoms with van der Waals surface area (Å²) < 4.78 is 5.84. The molecule has 142 valence electrons. The standard InChI is InChI=1S/C22H23N5O/c1-15-19(14-21(26-25-15)16-6-8-23-9-7-16)22-12-17-4-5-18(13-20(17)24-22)28-11-10-27(2)3/h4-9,12-14,24-25H,1,10-11H2,2-3H3. The van der Waals surface area contributed by atoms with Gasteiger partial charge in [-0.25, -0.2) is 0 Å². The van der Waals surface area contributed by atoms with Gasteiger partial charge in [-0.15, -0.1) is 0 Å². The molecule has 3 heterocycles. The van der Waals surface area contributed by atoms with Crippen molar-refractivity contribution in [3.8, 4) is 5.75 Å². The Balaban J connectivity index is 1.61. The summed E-state index contributed by atoms with van der Waals surface area (Å²) in [5, 5.41) is 5.52. The van der Waals surface area contributed by atoms with Gasteiger partial charge in [0.25, 0.3) is 0 Å². The molecule has 3 aromatic rings. The maximum absolute atomic E-state index is 5.84. The highest BCUT2D eigenvalue weighted by atomic mass is 16.5. The molecule has 0 atom stereocenters. The van der Waals surface area contributed by atoms with E-state index >= 15 is 0 Å². The number of fused-ring (bicyclic) bond motifs is 1. The highest BCUT2D eigenvalue weighted by Crippen LogP contribution is 2.28. The van der Waals surface area contributed by atoms with Gasteiger partial charge in [-0.1, -0.05) is 6.58 Å². The summed E-state index contributed by atoms with van der Waals surface area (Å²) in [6.45, 7) is 5.63. The number of ether oxygens (including phenoxy) is 1. The third-order valence-corrected chi connectivity index (χ3v) is 4.58. The van der Waals surface area contributed by atoms with Gasteiger partial charge in [0.15, 0.2) is 0 Å². The first-order valence-corrected chi connectivity index (χ1v) is 9.16. The van der Waals surface area contributed by atoms with E-state index in [-0.39, 0.29) is 0 Å². The number of hydrogen-bond acceptors (Lipinski definition) is 5. The van der Waals surface area contributed by atoms with Crippen molar-refractivity contribution in [3.63, 3.8) is 0 Å². The fourth-order valence-corrected chi connectivity index (χ4v) is 3.04. The maximum Gasteiger partial charge on any atom is 0.121 e. The minimum atomic E-state index is 0.656. The lowest BCUT2D eigenvalue weighted by Crippen LogP contribution is -2.19. The van der Waals surface area contributed by atoms with Crippen LogP contribution in [-0.4, -0.2) is 47.8 Å². The van der Waals surface area contributed by atoms with E-state index in [1.807, 2.05) is 44.4 Å². The molecule has 0 saturated heterocycles. The fraction of sp³-hybridized carbons (Fsp3) is 0.182. The summed E-state index contributed by atoms with van der Waals surface area (Å²) in [6.07, 6.45) is 5.55. The van der Waals surface area contributed by atoms with E-state index in [4.69, 9.17) is 4.74 Å². The summed E-state index contributed by atoms with van der Waals surface area (Å²) in [5.74, 6) is 0.858. The topological polar surface area (TPSA) is 65.5 Å². The number of hydrogen-bond donors (Lipinski definition) is 2.